The molecule has 1 atom stereocenters. The van der Waals surface area contributed by atoms with Crippen molar-refractivity contribution in [2.24, 2.45) is 0 Å². The Morgan fingerprint density at radius 2 is 1.88 bits per heavy atom. The molecule has 0 aromatic heterocycles. The highest BCUT2D eigenvalue weighted by Crippen LogP contribution is 2.28. The van der Waals surface area contributed by atoms with Crippen LogP contribution in [0.25, 0.3) is 0 Å². The van der Waals surface area contributed by atoms with E-state index < -0.39 is 23.7 Å². The third kappa shape index (κ3) is 4.06. The number of nitrogens with one attached hydrogen (secondary N) is 3. The fourth-order valence-corrected chi connectivity index (χ4v) is 3.40. The summed E-state index contributed by atoms with van der Waals surface area (Å²) in [4.78, 5) is 24.2. The summed E-state index contributed by atoms with van der Waals surface area (Å²) >= 11 is 4.36. The van der Waals surface area contributed by atoms with Crippen LogP contribution < -0.4 is 16.0 Å². The molecule has 3 rings (SSSR count). The van der Waals surface area contributed by atoms with Crippen LogP contribution in [0, 0.1) is 7.14 Å². The summed E-state index contributed by atoms with van der Waals surface area (Å²) in [5.74, 6) is -1.05. The predicted molar refractivity (Wildman–Crippen MR) is 113 cm³/mol. The predicted octanol–water partition coefficient (Wildman–Crippen LogP) is 4.15. The molecule has 1 aliphatic heterocycles. The van der Waals surface area contributed by atoms with Gasteiger partial charge in [0.25, 0.3) is 5.91 Å². The summed E-state index contributed by atoms with van der Waals surface area (Å²) in [7, 11) is 0. The highest BCUT2D eigenvalue weighted by atomic mass is 127. The quantitative estimate of drug-likeness (QED) is 0.416. The van der Waals surface area contributed by atoms with Crippen LogP contribution in [0.15, 0.2) is 54.3 Å². The fraction of sp³-hybridized carbons (Fsp3) is 0.0588. The Kier molecular flexibility index (Phi) is 5.47. The van der Waals surface area contributed by atoms with E-state index in [0.29, 0.717) is 16.9 Å². The number of urea groups is 1. The molecule has 0 saturated carbocycles. The molecule has 0 saturated heterocycles. The van der Waals surface area contributed by atoms with Gasteiger partial charge >= 0.3 is 6.03 Å². The van der Waals surface area contributed by atoms with Crippen molar-refractivity contribution >= 4 is 68.5 Å². The smallest absolute Gasteiger partial charge is 0.320 e. The molecule has 4 N–H and O–H groups in total. The van der Waals surface area contributed by atoms with Crippen molar-refractivity contribution in [3.63, 3.8) is 0 Å². The topological polar surface area (TPSA) is 90.5 Å². The number of hydrogen-bond donors (Lipinski definition) is 4. The maximum Gasteiger partial charge on any atom is 0.320 e. The Balaban J connectivity index is 1.84. The Morgan fingerprint density at radius 1 is 1.12 bits per heavy atom. The number of carbonyl (C=O) groups is 2. The van der Waals surface area contributed by atoms with E-state index in [-0.39, 0.29) is 0 Å². The number of rotatable bonds is 2. The first-order chi connectivity index (χ1) is 12.0. The van der Waals surface area contributed by atoms with Crippen molar-refractivity contribution in [3.8, 4) is 0 Å². The minimum absolute atomic E-state index is 0.432. The van der Waals surface area contributed by atoms with E-state index in [2.05, 4.69) is 61.1 Å². The zero-order chi connectivity index (χ0) is 18.0. The Labute approximate surface area is 171 Å². The van der Waals surface area contributed by atoms with E-state index in [1.54, 1.807) is 24.3 Å². The van der Waals surface area contributed by atoms with E-state index >= 15 is 0 Å². The molecule has 0 aliphatic carbocycles. The van der Waals surface area contributed by atoms with Gasteiger partial charge in [-0.15, -0.1) is 0 Å². The van der Waals surface area contributed by atoms with Crippen LogP contribution in [0.3, 0.4) is 0 Å². The van der Waals surface area contributed by atoms with Gasteiger partial charge in [0.05, 0.1) is 11.7 Å². The number of benzene rings is 2. The van der Waals surface area contributed by atoms with Gasteiger partial charge in [-0.05, 0) is 69.5 Å². The number of anilines is 2. The minimum atomic E-state index is -0.643. The van der Waals surface area contributed by atoms with Crippen molar-refractivity contribution in [1.82, 2.24) is 5.32 Å². The highest BCUT2D eigenvalue weighted by molar-refractivity contribution is 14.1. The van der Waals surface area contributed by atoms with Gasteiger partial charge in [-0.2, -0.15) is 0 Å². The SMILES string of the molecule is O=C(Nc1cccc(I)c1I)NC1C=C(O)C(=O)Nc2ccccc21. The number of carbonyl (C=O) groups excluding carboxylic acids is 2. The van der Waals surface area contributed by atoms with Gasteiger partial charge in [0, 0.05) is 18.4 Å². The molecule has 2 aromatic rings. The van der Waals surface area contributed by atoms with Gasteiger partial charge < -0.3 is 21.1 Å². The van der Waals surface area contributed by atoms with E-state index in [1.807, 2.05) is 18.2 Å². The molecule has 8 heteroatoms. The van der Waals surface area contributed by atoms with Crippen molar-refractivity contribution in [1.29, 1.82) is 0 Å². The van der Waals surface area contributed by atoms with Gasteiger partial charge in [-0.1, -0.05) is 24.3 Å². The van der Waals surface area contributed by atoms with E-state index in [9.17, 15) is 14.7 Å². The van der Waals surface area contributed by atoms with Crippen LogP contribution in [0.5, 0.6) is 0 Å². The average Bonchev–Trinajstić information content (AvgIpc) is 2.69. The molecule has 2 aromatic carbocycles. The summed E-state index contributed by atoms with van der Waals surface area (Å²) < 4.78 is 1.97. The molecular weight excluding hydrogens is 548 g/mol. The zero-order valence-corrected chi connectivity index (χ0v) is 17.0. The summed E-state index contributed by atoms with van der Waals surface area (Å²) in [6, 6.07) is 11.6. The average molecular weight is 561 g/mol. The normalized spacial score (nSPS) is 16.2. The molecule has 1 unspecified atom stereocenters. The van der Waals surface area contributed by atoms with Crippen LogP contribution in [0.4, 0.5) is 16.2 Å². The fourth-order valence-electron chi connectivity index (χ4n) is 2.41. The molecule has 0 spiro atoms. The lowest BCUT2D eigenvalue weighted by Crippen LogP contribution is -2.32. The molecule has 0 bridgehead atoms. The summed E-state index contributed by atoms with van der Waals surface area (Å²) in [5, 5.41) is 18.0. The van der Waals surface area contributed by atoms with Crippen molar-refractivity contribution in [2.75, 3.05) is 10.6 Å². The number of aliphatic hydroxyl groups is 1. The van der Waals surface area contributed by atoms with E-state index in [1.165, 1.54) is 6.08 Å². The molecule has 25 heavy (non-hydrogen) atoms. The van der Waals surface area contributed by atoms with Gasteiger partial charge in [-0.25, -0.2) is 4.79 Å². The van der Waals surface area contributed by atoms with Gasteiger partial charge in [-0.3, -0.25) is 4.79 Å². The second-order valence-corrected chi connectivity index (χ2v) is 7.51. The van der Waals surface area contributed by atoms with Crippen molar-refractivity contribution in [3.05, 3.63) is 67.0 Å². The van der Waals surface area contributed by atoms with Crippen LogP contribution in [0.2, 0.25) is 0 Å². The Bertz CT molecular complexity index is 883. The number of halogens is 2. The lowest BCUT2D eigenvalue weighted by molar-refractivity contribution is -0.115. The van der Waals surface area contributed by atoms with Gasteiger partial charge in [0.2, 0.25) is 0 Å². The van der Waals surface area contributed by atoms with E-state index in [4.69, 9.17) is 0 Å². The second-order valence-electron chi connectivity index (χ2n) is 5.27. The summed E-state index contributed by atoms with van der Waals surface area (Å²) in [6.07, 6.45) is 1.32. The molecule has 3 amide bonds. The summed E-state index contributed by atoms with van der Waals surface area (Å²) in [6.45, 7) is 0. The zero-order valence-electron chi connectivity index (χ0n) is 12.7. The minimum Gasteiger partial charge on any atom is -0.503 e. The first kappa shape index (κ1) is 18.0. The lowest BCUT2D eigenvalue weighted by atomic mass is 10.1. The molecule has 0 fully saturated rings. The van der Waals surface area contributed by atoms with Crippen LogP contribution >= 0.6 is 45.2 Å². The molecular formula is C17H13I2N3O3. The first-order valence-corrected chi connectivity index (χ1v) is 9.44. The molecule has 1 aliphatic rings. The third-order valence-electron chi connectivity index (χ3n) is 3.59. The molecule has 0 radical (unpaired) electrons. The standard InChI is InChI=1S/C17H13I2N3O3/c18-10-5-3-7-12(15(10)19)21-17(25)22-13-8-14(23)16(24)20-11-6-2-1-4-9(11)13/h1-8,13,23H,(H,20,24)(H2,21,22,25). The highest BCUT2D eigenvalue weighted by Gasteiger charge is 2.23. The van der Waals surface area contributed by atoms with E-state index in [0.717, 1.165) is 7.14 Å². The number of aliphatic hydroxyl groups excluding tert-OH is 1. The summed E-state index contributed by atoms with van der Waals surface area (Å²) in [5.41, 5.74) is 1.92. The Hall–Kier alpha value is -1.82. The largest absolute Gasteiger partial charge is 0.503 e. The van der Waals surface area contributed by atoms with Crippen LogP contribution in [-0.2, 0) is 4.79 Å². The molecule has 6 nitrogen and oxygen atoms in total. The van der Waals surface area contributed by atoms with Crippen molar-refractivity contribution in [2.45, 2.75) is 6.04 Å². The Morgan fingerprint density at radius 3 is 2.68 bits per heavy atom. The van der Waals surface area contributed by atoms with Crippen LogP contribution in [-0.4, -0.2) is 17.0 Å². The number of hydrogen-bond acceptors (Lipinski definition) is 3. The molecule has 1 heterocycles. The second kappa shape index (κ2) is 7.60. The number of para-hydroxylation sites is 1. The number of fused-ring (bicyclic) bond motifs is 1. The van der Waals surface area contributed by atoms with Gasteiger partial charge in [0.15, 0.2) is 5.76 Å². The maximum absolute atomic E-state index is 12.4. The lowest BCUT2D eigenvalue weighted by Gasteiger charge is -2.18. The monoisotopic (exact) mass is 561 g/mol. The first-order valence-electron chi connectivity index (χ1n) is 7.28. The van der Waals surface area contributed by atoms with Crippen molar-refractivity contribution < 1.29 is 14.7 Å². The maximum atomic E-state index is 12.4. The van der Waals surface area contributed by atoms with Gasteiger partial charge in [0.1, 0.15) is 0 Å². The molecule has 128 valence electrons. The number of amides is 3. The third-order valence-corrected chi connectivity index (χ3v) is 6.68. The van der Waals surface area contributed by atoms with Crippen LogP contribution in [0.1, 0.15) is 11.6 Å².